The first-order valence-corrected chi connectivity index (χ1v) is 9.96. The van der Waals surface area contributed by atoms with E-state index in [0.717, 1.165) is 43.2 Å². The molecular weight excluding hydrogens is 358 g/mol. The molecule has 2 N–H and O–H groups in total. The summed E-state index contributed by atoms with van der Waals surface area (Å²) in [6.45, 7) is 5.38. The number of aryl methyl sites for hydroxylation is 1. The summed E-state index contributed by atoms with van der Waals surface area (Å²) in [4.78, 5) is 14.2. The number of rotatable bonds is 6. The zero-order chi connectivity index (χ0) is 19.2. The fraction of sp³-hybridized carbons (Fsp3) is 0.409. The number of halogens is 1. The molecule has 3 rings (SSSR count). The lowest BCUT2D eigenvalue weighted by atomic mass is 9.99. The van der Waals surface area contributed by atoms with E-state index >= 15 is 0 Å². The lowest BCUT2D eigenvalue weighted by molar-refractivity contribution is 0.254. The van der Waals surface area contributed by atoms with E-state index in [1.807, 2.05) is 24.3 Å². The highest BCUT2D eigenvalue weighted by molar-refractivity contribution is 6.30. The van der Waals surface area contributed by atoms with Gasteiger partial charge in [-0.1, -0.05) is 41.4 Å². The maximum Gasteiger partial charge on any atom is 0.318 e. The second kappa shape index (κ2) is 9.25. The number of hydrogen-bond donors (Lipinski definition) is 2. The minimum atomic E-state index is -0.177. The Bertz CT molecular complexity index is 776. The van der Waals surface area contributed by atoms with Gasteiger partial charge in [0.2, 0.25) is 0 Å². The number of carbonyl (C=O) groups excluding carboxylic acids is 1. The number of likely N-dealkylation sites (tertiary alicyclic amines) is 1. The molecule has 144 valence electrons. The number of nitrogens with one attached hydrogen (secondary N) is 2. The smallest absolute Gasteiger partial charge is 0.318 e. The van der Waals surface area contributed by atoms with Gasteiger partial charge in [0.15, 0.2) is 0 Å². The van der Waals surface area contributed by atoms with E-state index in [1.54, 1.807) is 7.05 Å². The number of anilines is 1. The van der Waals surface area contributed by atoms with E-state index in [4.69, 9.17) is 11.6 Å². The molecule has 2 aromatic rings. The van der Waals surface area contributed by atoms with Crippen molar-refractivity contribution in [2.75, 3.05) is 32.0 Å². The molecule has 0 spiro atoms. The lowest BCUT2D eigenvalue weighted by Crippen LogP contribution is -2.26. The van der Waals surface area contributed by atoms with Gasteiger partial charge in [-0.15, -0.1) is 0 Å². The van der Waals surface area contributed by atoms with Gasteiger partial charge in [0.05, 0.1) is 0 Å². The van der Waals surface area contributed by atoms with Crippen LogP contribution in [0.15, 0.2) is 42.5 Å². The Balaban J connectivity index is 1.54. The SMILES string of the molecule is CNC(=O)Nc1ccc(C)cc1CCN1CCC(Cc2ccc(Cl)cc2)C1. The highest BCUT2D eigenvalue weighted by Crippen LogP contribution is 2.23. The van der Waals surface area contributed by atoms with Gasteiger partial charge in [0, 0.05) is 30.8 Å². The van der Waals surface area contributed by atoms with Crippen LogP contribution in [0.2, 0.25) is 5.02 Å². The lowest BCUT2D eigenvalue weighted by Gasteiger charge is -2.18. The highest BCUT2D eigenvalue weighted by atomic mass is 35.5. The van der Waals surface area contributed by atoms with Crippen LogP contribution in [0, 0.1) is 12.8 Å². The second-order valence-electron chi connectivity index (χ2n) is 7.40. The first-order chi connectivity index (χ1) is 13.0. The molecule has 1 saturated heterocycles. The molecule has 27 heavy (non-hydrogen) atoms. The van der Waals surface area contributed by atoms with Crippen molar-refractivity contribution in [2.24, 2.45) is 5.92 Å². The Morgan fingerprint density at radius 2 is 2.00 bits per heavy atom. The van der Waals surface area contributed by atoms with E-state index in [0.29, 0.717) is 5.92 Å². The molecular formula is C22H28ClN3O. The Morgan fingerprint density at radius 3 is 2.74 bits per heavy atom. The van der Waals surface area contributed by atoms with E-state index < -0.39 is 0 Å². The van der Waals surface area contributed by atoms with Gasteiger partial charge in [0.1, 0.15) is 0 Å². The van der Waals surface area contributed by atoms with Crippen LogP contribution in [0.3, 0.4) is 0 Å². The molecule has 0 radical (unpaired) electrons. The van der Waals surface area contributed by atoms with Crippen LogP contribution < -0.4 is 10.6 Å². The van der Waals surface area contributed by atoms with Gasteiger partial charge in [-0.25, -0.2) is 4.79 Å². The summed E-state index contributed by atoms with van der Waals surface area (Å²) in [6.07, 6.45) is 3.29. The molecule has 4 nitrogen and oxygen atoms in total. The molecule has 1 aliphatic rings. The number of nitrogens with zero attached hydrogens (tertiary/aromatic N) is 1. The van der Waals surface area contributed by atoms with Crippen molar-refractivity contribution >= 4 is 23.3 Å². The topological polar surface area (TPSA) is 44.4 Å². The Labute approximate surface area is 166 Å². The van der Waals surface area contributed by atoms with Gasteiger partial charge < -0.3 is 15.5 Å². The van der Waals surface area contributed by atoms with Gasteiger partial charge in [-0.05, 0) is 68.0 Å². The molecule has 2 aromatic carbocycles. The molecule has 1 fully saturated rings. The number of amides is 2. The molecule has 1 aliphatic heterocycles. The maximum absolute atomic E-state index is 11.7. The number of hydrogen-bond acceptors (Lipinski definition) is 2. The fourth-order valence-electron chi connectivity index (χ4n) is 3.75. The third-order valence-electron chi connectivity index (χ3n) is 5.24. The zero-order valence-corrected chi connectivity index (χ0v) is 16.9. The van der Waals surface area contributed by atoms with Crippen molar-refractivity contribution in [2.45, 2.75) is 26.2 Å². The zero-order valence-electron chi connectivity index (χ0n) is 16.1. The molecule has 0 aromatic heterocycles. The third kappa shape index (κ3) is 5.72. The van der Waals surface area contributed by atoms with Gasteiger partial charge in [-0.3, -0.25) is 0 Å². The van der Waals surface area contributed by atoms with Crippen molar-refractivity contribution in [1.82, 2.24) is 10.2 Å². The average molecular weight is 386 g/mol. The van der Waals surface area contributed by atoms with Crippen molar-refractivity contribution in [1.29, 1.82) is 0 Å². The molecule has 0 saturated carbocycles. The minimum Gasteiger partial charge on any atom is -0.341 e. The number of carbonyl (C=O) groups is 1. The first kappa shape index (κ1) is 19.7. The summed E-state index contributed by atoms with van der Waals surface area (Å²) in [6, 6.07) is 14.2. The average Bonchev–Trinajstić information content (AvgIpc) is 3.11. The van der Waals surface area contributed by atoms with E-state index in [2.05, 4.69) is 40.7 Å². The minimum absolute atomic E-state index is 0.177. The van der Waals surface area contributed by atoms with E-state index in [-0.39, 0.29) is 6.03 Å². The molecule has 1 heterocycles. The molecule has 1 unspecified atom stereocenters. The monoisotopic (exact) mass is 385 g/mol. The summed E-state index contributed by atoms with van der Waals surface area (Å²) in [5.74, 6) is 0.701. The first-order valence-electron chi connectivity index (χ1n) is 9.58. The summed E-state index contributed by atoms with van der Waals surface area (Å²) >= 11 is 5.98. The normalized spacial score (nSPS) is 17.1. The molecule has 5 heteroatoms. The van der Waals surface area contributed by atoms with E-state index in [1.165, 1.54) is 23.1 Å². The Morgan fingerprint density at radius 1 is 1.22 bits per heavy atom. The van der Waals surface area contributed by atoms with Crippen LogP contribution >= 0.6 is 11.6 Å². The van der Waals surface area contributed by atoms with Gasteiger partial charge >= 0.3 is 6.03 Å². The number of urea groups is 1. The van der Waals surface area contributed by atoms with Crippen LogP contribution in [0.25, 0.3) is 0 Å². The fourth-order valence-corrected chi connectivity index (χ4v) is 3.88. The van der Waals surface area contributed by atoms with Crippen LogP contribution in [0.4, 0.5) is 10.5 Å². The number of benzene rings is 2. The quantitative estimate of drug-likeness (QED) is 0.768. The Kier molecular flexibility index (Phi) is 6.75. The predicted molar refractivity (Wildman–Crippen MR) is 113 cm³/mol. The summed E-state index contributed by atoms with van der Waals surface area (Å²) in [5.41, 5.74) is 4.67. The van der Waals surface area contributed by atoms with Gasteiger partial charge in [-0.2, -0.15) is 0 Å². The standard InChI is InChI=1S/C22H28ClN3O/c1-16-3-8-21(25-22(27)24-2)19(13-16)10-12-26-11-9-18(15-26)14-17-4-6-20(23)7-5-17/h3-8,13,18H,9-12,14-15H2,1-2H3,(H2,24,25,27). The largest absolute Gasteiger partial charge is 0.341 e. The summed E-state index contributed by atoms with van der Waals surface area (Å²) in [7, 11) is 1.63. The predicted octanol–water partition coefficient (Wildman–Crippen LogP) is 4.51. The Hall–Kier alpha value is -2.04. The van der Waals surface area contributed by atoms with E-state index in [9.17, 15) is 4.79 Å². The van der Waals surface area contributed by atoms with Crippen molar-refractivity contribution in [3.63, 3.8) is 0 Å². The molecule has 0 aliphatic carbocycles. The summed E-state index contributed by atoms with van der Waals surface area (Å²) < 4.78 is 0. The van der Waals surface area contributed by atoms with Crippen LogP contribution in [-0.2, 0) is 12.8 Å². The highest BCUT2D eigenvalue weighted by Gasteiger charge is 2.22. The molecule has 2 amide bonds. The van der Waals surface area contributed by atoms with Crippen LogP contribution in [-0.4, -0.2) is 37.6 Å². The maximum atomic E-state index is 11.7. The van der Waals surface area contributed by atoms with Crippen LogP contribution in [0.5, 0.6) is 0 Å². The molecule has 1 atom stereocenters. The van der Waals surface area contributed by atoms with Crippen molar-refractivity contribution in [3.05, 3.63) is 64.2 Å². The van der Waals surface area contributed by atoms with Gasteiger partial charge in [0.25, 0.3) is 0 Å². The molecule has 0 bridgehead atoms. The van der Waals surface area contributed by atoms with Crippen molar-refractivity contribution < 1.29 is 4.79 Å². The van der Waals surface area contributed by atoms with Crippen molar-refractivity contribution in [3.8, 4) is 0 Å². The third-order valence-corrected chi connectivity index (χ3v) is 5.49. The van der Waals surface area contributed by atoms with Crippen LogP contribution in [0.1, 0.15) is 23.1 Å². The summed E-state index contributed by atoms with van der Waals surface area (Å²) in [5, 5.41) is 6.34. The second-order valence-corrected chi connectivity index (χ2v) is 7.84.